The fourth-order valence-corrected chi connectivity index (χ4v) is 3.37. The topological polar surface area (TPSA) is 110 Å². The Morgan fingerprint density at radius 1 is 1.27 bits per heavy atom. The first-order valence-electron chi connectivity index (χ1n) is 9.07. The molecule has 0 spiro atoms. The number of furan rings is 1. The van der Waals surface area contributed by atoms with E-state index in [9.17, 15) is 14.7 Å². The zero-order valence-electron chi connectivity index (χ0n) is 16.0. The van der Waals surface area contributed by atoms with Gasteiger partial charge in [-0.15, -0.1) is 0 Å². The van der Waals surface area contributed by atoms with Gasteiger partial charge in [0.15, 0.2) is 11.6 Å². The van der Waals surface area contributed by atoms with E-state index in [1.54, 1.807) is 28.8 Å². The molecule has 0 saturated heterocycles. The Kier molecular flexibility index (Phi) is 4.85. The van der Waals surface area contributed by atoms with Gasteiger partial charge in [-0.2, -0.15) is 0 Å². The van der Waals surface area contributed by atoms with Crippen molar-refractivity contribution in [1.29, 1.82) is 0 Å². The number of nitrogen functional groups attached to an aromatic ring is 1. The smallest absolute Gasteiger partial charge is 0.258 e. The van der Waals surface area contributed by atoms with Gasteiger partial charge in [0.1, 0.15) is 0 Å². The average Bonchev–Trinajstić information content (AvgIpc) is 3.37. The highest BCUT2D eigenvalue weighted by molar-refractivity contribution is 6.16. The molecular weight excluding hydrogens is 389 g/mol. The van der Waals surface area contributed by atoms with E-state index in [-0.39, 0.29) is 34.8 Å². The lowest BCUT2D eigenvalue weighted by Gasteiger charge is -2.12. The number of hydrogen-bond acceptors (Lipinski definition) is 5. The number of aliphatic hydroxyl groups is 1. The minimum Gasteiger partial charge on any atom is -0.472 e. The summed E-state index contributed by atoms with van der Waals surface area (Å²) in [6.07, 6.45) is 5.93. The first-order valence-corrected chi connectivity index (χ1v) is 9.07. The number of pyridine rings is 1. The van der Waals surface area contributed by atoms with E-state index in [4.69, 9.17) is 10.2 Å². The Balaban J connectivity index is 1.82. The third-order valence-corrected chi connectivity index (χ3v) is 4.80. The summed E-state index contributed by atoms with van der Waals surface area (Å²) in [7, 11) is 0. The van der Waals surface area contributed by atoms with E-state index in [0.717, 1.165) is 0 Å². The summed E-state index contributed by atoms with van der Waals surface area (Å²) < 4.78 is 21.8. The number of rotatable bonds is 5. The van der Waals surface area contributed by atoms with Crippen molar-refractivity contribution >= 4 is 28.6 Å². The van der Waals surface area contributed by atoms with Gasteiger partial charge < -0.3 is 25.0 Å². The van der Waals surface area contributed by atoms with E-state index in [2.05, 4.69) is 5.32 Å². The van der Waals surface area contributed by atoms with Crippen LogP contribution < -0.4 is 11.1 Å². The van der Waals surface area contributed by atoms with Crippen LogP contribution in [0.1, 0.15) is 33.2 Å². The molecule has 0 bridgehead atoms. The van der Waals surface area contributed by atoms with Crippen molar-refractivity contribution in [2.75, 3.05) is 11.1 Å². The van der Waals surface area contributed by atoms with E-state index < -0.39 is 11.7 Å². The molecule has 3 aromatic heterocycles. The first kappa shape index (κ1) is 19.4. The summed E-state index contributed by atoms with van der Waals surface area (Å²) >= 11 is 0. The second-order valence-corrected chi connectivity index (χ2v) is 6.86. The molecule has 4 rings (SSSR count). The molecule has 0 saturated carbocycles. The standard InChI is InChI=1S/C22H18FN3O4/c1-12(28)17-9-26-4-2-15(24)8-19(26)20(17)22(29)25-18-7-13(10-27)6-16(21(18)23)14-3-5-30-11-14/h2-9,11,27H,10,24H2,1H3,(H,25,29). The van der Waals surface area contributed by atoms with Crippen LogP contribution in [0.25, 0.3) is 16.6 Å². The van der Waals surface area contributed by atoms with Gasteiger partial charge in [0.2, 0.25) is 0 Å². The fourth-order valence-electron chi connectivity index (χ4n) is 3.37. The summed E-state index contributed by atoms with van der Waals surface area (Å²) in [5, 5.41) is 12.1. The number of benzene rings is 1. The van der Waals surface area contributed by atoms with Crippen molar-refractivity contribution < 1.29 is 23.5 Å². The third-order valence-electron chi connectivity index (χ3n) is 4.80. The van der Waals surface area contributed by atoms with Gasteiger partial charge in [-0.3, -0.25) is 9.59 Å². The van der Waals surface area contributed by atoms with Gasteiger partial charge >= 0.3 is 0 Å². The normalized spacial score (nSPS) is 11.0. The number of anilines is 2. The molecule has 0 aliphatic carbocycles. The van der Waals surface area contributed by atoms with Crippen molar-refractivity contribution in [1.82, 2.24) is 4.40 Å². The zero-order chi connectivity index (χ0) is 21.4. The highest BCUT2D eigenvalue weighted by Gasteiger charge is 2.23. The molecule has 4 aromatic rings. The van der Waals surface area contributed by atoms with Crippen molar-refractivity contribution in [2.24, 2.45) is 0 Å². The maximum Gasteiger partial charge on any atom is 0.258 e. The highest BCUT2D eigenvalue weighted by atomic mass is 19.1. The Hall–Kier alpha value is -3.91. The van der Waals surface area contributed by atoms with Crippen LogP contribution in [0.3, 0.4) is 0 Å². The van der Waals surface area contributed by atoms with Gasteiger partial charge in [-0.1, -0.05) is 0 Å². The number of nitrogens with two attached hydrogens (primary N) is 1. The molecule has 30 heavy (non-hydrogen) atoms. The Bertz CT molecular complexity index is 1280. The van der Waals surface area contributed by atoms with Crippen molar-refractivity contribution in [3.63, 3.8) is 0 Å². The first-order chi connectivity index (χ1) is 14.4. The van der Waals surface area contributed by atoms with Gasteiger partial charge in [0.05, 0.1) is 35.9 Å². The third kappa shape index (κ3) is 3.33. The number of aromatic nitrogens is 1. The van der Waals surface area contributed by atoms with Crippen LogP contribution in [-0.2, 0) is 6.61 Å². The minimum absolute atomic E-state index is 0.0912. The number of aliphatic hydroxyl groups excluding tert-OH is 1. The largest absolute Gasteiger partial charge is 0.472 e. The molecule has 0 atom stereocenters. The van der Waals surface area contributed by atoms with E-state index in [1.165, 1.54) is 37.8 Å². The summed E-state index contributed by atoms with van der Waals surface area (Å²) in [6.45, 7) is 0.997. The van der Waals surface area contributed by atoms with Crippen LogP contribution in [0, 0.1) is 5.82 Å². The predicted octanol–water partition coefficient (Wildman–Crippen LogP) is 3.87. The van der Waals surface area contributed by atoms with E-state index in [1.807, 2.05) is 0 Å². The summed E-state index contributed by atoms with van der Waals surface area (Å²) in [6, 6.07) is 7.60. The summed E-state index contributed by atoms with van der Waals surface area (Å²) in [5.74, 6) is -1.67. The number of hydrogen-bond donors (Lipinski definition) is 3. The lowest BCUT2D eigenvalue weighted by atomic mass is 10.0. The van der Waals surface area contributed by atoms with Crippen LogP contribution in [0.15, 0.2) is 59.7 Å². The molecule has 8 heteroatoms. The quantitative estimate of drug-likeness (QED) is 0.435. The highest BCUT2D eigenvalue weighted by Crippen LogP contribution is 2.31. The molecule has 152 valence electrons. The second kappa shape index (κ2) is 7.49. The summed E-state index contributed by atoms with van der Waals surface area (Å²) in [4.78, 5) is 25.2. The number of carbonyl (C=O) groups excluding carboxylic acids is 2. The zero-order valence-corrected chi connectivity index (χ0v) is 16.0. The molecule has 0 radical (unpaired) electrons. The number of ketones is 1. The number of Topliss-reactive ketones (excluding diaryl/α,β-unsaturated/α-hetero) is 1. The molecule has 0 fully saturated rings. The Labute approximate surface area is 170 Å². The van der Waals surface area contributed by atoms with E-state index >= 15 is 4.39 Å². The Morgan fingerprint density at radius 2 is 2.07 bits per heavy atom. The summed E-state index contributed by atoms with van der Waals surface area (Å²) in [5.41, 5.74) is 7.87. The van der Waals surface area contributed by atoms with Crippen molar-refractivity contribution in [3.8, 4) is 11.1 Å². The fraction of sp³-hybridized carbons (Fsp3) is 0.0909. The minimum atomic E-state index is -0.686. The van der Waals surface area contributed by atoms with Gasteiger partial charge in [-0.05, 0) is 42.8 Å². The molecule has 7 nitrogen and oxygen atoms in total. The van der Waals surface area contributed by atoms with Crippen LogP contribution in [-0.4, -0.2) is 21.2 Å². The number of nitrogens with one attached hydrogen (secondary N) is 1. The number of fused-ring (bicyclic) bond motifs is 1. The number of amides is 1. The molecular formula is C22H18FN3O4. The van der Waals surface area contributed by atoms with Gasteiger partial charge in [0, 0.05) is 34.8 Å². The SMILES string of the molecule is CC(=O)c1cn2ccc(N)cc2c1C(=O)Nc1cc(CO)cc(-c2ccoc2)c1F. The van der Waals surface area contributed by atoms with Gasteiger partial charge in [-0.25, -0.2) is 4.39 Å². The molecule has 0 unspecified atom stereocenters. The number of nitrogens with zero attached hydrogens (tertiary/aromatic N) is 1. The number of halogens is 1. The molecule has 3 heterocycles. The predicted molar refractivity (Wildman–Crippen MR) is 110 cm³/mol. The lowest BCUT2D eigenvalue weighted by Crippen LogP contribution is -2.16. The van der Waals surface area contributed by atoms with Gasteiger partial charge in [0.25, 0.3) is 5.91 Å². The van der Waals surface area contributed by atoms with Crippen LogP contribution in [0.5, 0.6) is 0 Å². The van der Waals surface area contributed by atoms with Crippen LogP contribution in [0.2, 0.25) is 0 Å². The maximum atomic E-state index is 15.2. The van der Waals surface area contributed by atoms with Crippen molar-refractivity contribution in [3.05, 3.63) is 77.8 Å². The molecule has 4 N–H and O–H groups in total. The van der Waals surface area contributed by atoms with Crippen molar-refractivity contribution in [2.45, 2.75) is 13.5 Å². The van der Waals surface area contributed by atoms with Crippen LogP contribution >= 0.6 is 0 Å². The monoisotopic (exact) mass is 407 g/mol. The van der Waals surface area contributed by atoms with E-state index in [0.29, 0.717) is 22.3 Å². The second-order valence-electron chi connectivity index (χ2n) is 6.86. The Morgan fingerprint density at radius 3 is 2.73 bits per heavy atom. The molecule has 1 aromatic carbocycles. The van der Waals surface area contributed by atoms with Crippen LogP contribution in [0.4, 0.5) is 15.8 Å². The molecule has 0 aliphatic heterocycles. The number of carbonyl (C=O) groups is 2. The average molecular weight is 407 g/mol. The molecule has 0 aliphatic rings. The maximum absolute atomic E-state index is 15.2. The lowest BCUT2D eigenvalue weighted by molar-refractivity contribution is 0.0987. The molecule has 1 amide bonds.